The highest BCUT2D eigenvalue weighted by Gasteiger charge is 2.40. The molecule has 1 aliphatic heterocycles. The van der Waals surface area contributed by atoms with Crippen LogP contribution in [0.5, 0.6) is 0 Å². The Morgan fingerprint density at radius 2 is 2.05 bits per heavy atom. The van der Waals surface area contributed by atoms with Crippen molar-refractivity contribution in [1.82, 2.24) is 9.62 Å². The third-order valence-corrected chi connectivity index (χ3v) is 5.63. The first-order valence-electron chi connectivity index (χ1n) is 7.50. The van der Waals surface area contributed by atoms with E-state index < -0.39 is 15.4 Å². The van der Waals surface area contributed by atoms with Crippen LogP contribution in [0.15, 0.2) is 24.3 Å². The number of sulfonamides is 1. The minimum atomic E-state index is -3.25. The summed E-state index contributed by atoms with van der Waals surface area (Å²) in [4.78, 5) is 12.5. The van der Waals surface area contributed by atoms with Gasteiger partial charge in [-0.2, -0.15) is 0 Å². The van der Waals surface area contributed by atoms with Gasteiger partial charge in [0.2, 0.25) is 15.9 Å². The molecule has 0 aromatic heterocycles. The van der Waals surface area contributed by atoms with Gasteiger partial charge in [-0.25, -0.2) is 12.7 Å². The van der Waals surface area contributed by atoms with Crippen LogP contribution in [-0.2, 0) is 21.4 Å². The van der Waals surface area contributed by atoms with Gasteiger partial charge in [0.05, 0.1) is 11.7 Å². The summed E-state index contributed by atoms with van der Waals surface area (Å²) >= 11 is 0. The van der Waals surface area contributed by atoms with Gasteiger partial charge in [0.25, 0.3) is 0 Å². The molecular weight excluding hydrogens is 300 g/mol. The van der Waals surface area contributed by atoms with E-state index in [0.29, 0.717) is 25.9 Å². The van der Waals surface area contributed by atoms with Crippen LogP contribution < -0.4 is 5.32 Å². The molecule has 5 nitrogen and oxygen atoms in total. The summed E-state index contributed by atoms with van der Waals surface area (Å²) in [6.45, 7) is 5.08. The van der Waals surface area contributed by atoms with Gasteiger partial charge in [-0.05, 0) is 37.8 Å². The molecule has 1 heterocycles. The molecule has 122 valence electrons. The lowest BCUT2D eigenvalue weighted by Crippen LogP contribution is -2.51. The number of nitrogens with one attached hydrogen (secondary N) is 1. The van der Waals surface area contributed by atoms with Crippen molar-refractivity contribution in [3.8, 4) is 0 Å². The van der Waals surface area contributed by atoms with E-state index in [1.54, 1.807) is 0 Å². The fourth-order valence-corrected chi connectivity index (χ4v) is 3.84. The van der Waals surface area contributed by atoms with Crippen LogP contribution >= 0.6 is 0 Å². The van der Waals surface area contributed by atoms with Gasteiger partial charge < -0.3 is 5.32 Å². The molecule has 1 amide bonds. The SMILES string of the molecule is Cc1ccccc1CNC(=O)C1(C)CCCN(S(C)(=O)=O)C1. The normalized spacial score (nSPS) is 23.2. The van der Waals surface area contributed by atoms with Gasteiger partial charge in [-0.1, -0.05) is 24.3 Å². The number of amides is 1. The topological polar surface area (TPSA) is 66.5 Å². The van der Waals surface area contributed by atoms with E-state index in [2.05, 4.69) is 5.32 Å². The summed E-state index contributed by atoms with van der Waals surface area (Å²) < 4.78 is 24.8. The van der Waals surface area contributed by atoms with Gasteiger partial charge >= 0.3 is 0 Å². The maximum Gasteiger partial charge on any atom is 0.227 e. The number of aryl methyl sites for hydroxylation is 1. The maximum atomic E-state index is 12.5. The molecule has 22 heavy (non-hydrogen) atoms. The molecular formula is C16H24N2O3S. The third kappa shape index (κ3) is 3.87. The van der Waals surface area contributed by atoms with E-state index in [1.165, 1.54) is 10.6 Å². The van der Waals surface area contributed by atoms with Crippen molar-refractivity contribution in [1.29, 1.82) is 0 Å². The van der Waals surface area contributed by atoms with Crippen LogP contribution in [0.2, 0.25) is 0 Å². The van der Waals surface area contributed by atoms with Crippen molar-refractivity contribution in [2.45, 2.75) is 33.2 Å². The molecule has 0 aliphatic carbocycles. The summed E-state index contributed by atoms with van der Waals surface area (Å²) in [7, 11) is -3.25. The minimum Gasteiger partial charge on any atom is -0.352 e. The van der Waals surface area contributed by atoms with Gasteiger partial charge in [-0.3, -0.25) is 4.79 Å². The summed E-state index contributed by atoms with van der Waals surface area (Å²) in [5.74, 6) is -0.0795. The Labute approximate surface area is 132 Å². The zero-order chi connectivity index (χ0) is 16.4. The Kier molecular flexibility index (Phi) is 4.92. The van der Waals surface area contributed by atoms with Crippen molar-refractivity contribution in [2.75, 3.05) is 19.3 Å². The van der Waals surface area contributed by atoms with E-state index in [1.807, 2.05) is 38.1 Å². The standard InChI is InChI=1S/C16H24N2O3S/c1-13-7-4-5-8-14(13)11-17-15(19)16(2)9-6-10-18(12-16)22(3,20)21/h4-5,7-8H,6,9-12H2,1-3H3,(H,17,19). The second-order valence-electron chi connectivity index (χ2n) is 6.37. The fourth-order valence-electron chi connectivity index (χ4n) is 2.86. The van der Waals surface area contributed by atoms with Gasteiger partial charge in [-0.15, -0.1) is 0 Å². The molecule has 1 atom stereocenters. The molecule has 0 spiro atoms. The maximum absolute atomic E-state index is 12.5. The Morgan fingerprint density at radius 1 is 1.36 bits per heavy atom. The van der Waals surface area contributed by atoms with Crippen molar-refractivity contribution < 1.29 is 13.2 Å². The molecule has 2 rings (SSSR count). The van der Waals surface area contributed by atoms with Crippen LogP contribution in [0.1, 0.15) is 30.9 Å². The van der Waals surface area contributed by atoms with Crippen LogP contribution in [0, 0.1) is 12.3 Å². The molecule has 0 bridgehead atoms. The number of carbonyl (C=O) groups excluding carboxylic acids is 1. The lowest BCUT2D eigenvalue weighted by molar-refractivity contribution is -0.132. The van der Waals surface area contributed by atoms with Crippen molar-refractivity contribution in [3.63, 3.8) is 0 Å². The highest BCUT2D eigenvalue weighted by atomic mass is 32.2. The Hall–Kier alpha value is -1.40. The Bertz CT molecular complexity index is 657. The molecule has 1 aromatic rings. The minimum absolute atomic E-state index is 0.0795. The molecule has 1 saturated heterocycles. The Morgan fingerprint density at radius 3 is 2.68 bits per heavy atom. The monoisotopic (exact) mass is 324 g/mol. The summed E-state index contributed by atoms with van der Waals surface area (Å²) in [5.41, 5.74) is 1.55. The van der Waals surface area contributed by atoms with Crippen LogP contribution in [-0.4, -0.2) is 38.0 Å². The van der Waals surface area contributed by atoms with E-state index in [0.717, 1.165) is 11.1 Å². The van der Waals surface area contributed by atoms with E-state index in [-0.39, 0.29) is 12.5 Å². The highest BCUT2D eigenvalue weighted by molar-refractivity contribution is 7.88. The van der Waals surface area contributed by atoms with Gasteiger partial charge in [0.1, 0.15) is 0 Å². The quantitative estimate of drug-likeness (QED) is 0.916. The van der Waals surface area contributed by atoms with Crippen LogP contribution in [0.3, 0.4) is 0 Å². The smallest absolute Gasteiger partial charge is 0.227 e. The van der Waals surface area contributed by atoms with Crippen molar-refractivity contribution in [2.24, 2.45) is 5.41 Å². The number of carbonyl (C=O) groups is 1. The molecule has 1 N–H and O–H groups in total. The van der Waals surface area contributed by atoms with E-state index in [9.17, 15) is 13.2 Å². The lowest BCUT2D eigenvalue weighted by atomic mass is 9.82. The predicted molar refractivity (Wildman–Crippen MR) is 86.8 cm³/mol. The number of hydrogen-bond donors (Lipinski definition) is 1. The van der Waals surface area contributed by atoms with Crippen LogP contribution in [0.4, 0.5) is 0 Å². The number of piperidine rings is 1. The average molecular weight is 324 g/mol. The van der Waals surface area contributed by atoms with Gasteiger partial charge in [0, 0.05) is 19.6 Å². The van der Waals surface area contributed by atoms with Crippen molar-refractivity contribution >= 4 is 15.9 Å². The fraction of sp³-hybridized carbons (Fsp3) is 0.562. The zero-order valence-electron chi connectivity index (χ0n) is 13.4. The van der Waals surface area contributed by atoms with E-state index in [4.69, 9.17) is 0 Å². The van der Waals surface area contributed by atoms with Crippen molar-refractivity contribution in [3.05, 3.63) is 35.4 Å². The summed E-state index contributed by atoms with van der Waals surface area (Å²) in [5, 5.41) is 2.96. The van der Waals surface area contributed by atoms with E-state index >= 15 is 0 Å². The predicted octanol–water partition coefficient (Wildman–Crippen LogP) is 1.67. The largest absolute Gasteiger partial charge is 0.352 e. The molecule has 0 radical (unpaired) electrons. The third-order valence-electron chi connectivity index (χ3n) is 4.38. The number of nitrogens with zero attached hydrogens (tertiary/aromatic N) is 1. The molecule has 1 aromatic carbocycles. The molecule has 1 fully saturated rings. The number of hydrogen-bond acceptors (Lipinski definition) is 3. The first-order valence-corrected chi connectivity index (χ1v) is 9.35. The summed E-state index contributed by atoms with van der Waals surface area (Å²) in [6, 6.07) is 7.91. The molecule has 1 unspecified atom stereocenters. The molecule has 6 heteroatoms. The number of rotatable bonds is 4. The summed E-state index contributed by atoms with van der Waals surface area (Å²) in [6.07, 6.45) is 2.62. The first kappa shape index (κ1) is 17.0. The second kappa shape index (κ2) is 6.38. The average Bonchev–Trinajstić information content (AvgIpc) is 2.45. The molecule has 1 aliphatic rings. The number of benzene rings is 1. The van der Waals surface area contributed by atoms with Crippen LogP contribution in [0.25, 0.3) is 0 Å². The zero-order valence-corrected chi connectivity index (χ0v) is 14.2. The Balaban J connectivity index is 2.03. The molecule has 0 saturated carbocycles. The first-order chi connectivity index (χ1) is 10.2. The van der Waals surface area contributed by atoms with Gasteiger partial charge in [0.15, 0.2) is 0 Å². The highest BCUT2D eigenvalue weighted by Crippen LogP contribution is 2.31. The lowest BCUT2D eigenvalue weighted by Gasteiger charge is -2.38. The second-order valence-corrected chi connectivity index (χ2v) is 8.35.